The van der Waals surface area contributed by atoms with Gasteiger partial charge >= 0.3 is 0 Å². The monoisotopic (exact) mass is 328 g/mol. The van der Waals surface area contributed by atoms with Crippen molar-refractivity contribution in [1.29, 1.82) is 0 Å². The summed E-state index contributed by atoms with van der Waals surface area (Å²) in [5.74, 6) is 1.59. The molecule has 21 heavy (non-hydrogen) atoms. The molecule has 0 aliphatic carbocycles. The predicted octanol–water partition coefficient (Wildman–Crippen LogP) is 2.59. The summed E-state index contributed by atoms with van der Waals surface area (Å²) >= 11 is 0. The summed E-state index contributed by atoms with van der Waals surface area (Å²) in [6.45, 7) is 3.96. The van der Waals surface area contributed by atoms with Crippen LogP contribution in [0.3, 0.4) is 0 Å². The molecular formula is C14H17ClN2O3S. The van der Waals surface area contributed by atoms with Crippen LogP contribution in [0.1, 0.15) is 17.0 Å². The van der Waals surface area contributed by atoms with Gasteiger partial charge in [0.2, 0.25) is 0 Å². The lowest BCUT2D eigenvalue weighted by Crippen LogP contribution is -2.07. The largest absolute Gasteiger partial charge is 0.493 e. The molecule has 0 spiro atoms. The first-order valence-electron chi connectivity index (χ1n) is 6.44. The fraction of sp³-hybridized carbons (Fsp3) is 0.357. The summed E-state index contributed by atoms with van der Waals surface area (Å²) in [5.41, 5.74) is 1.31. The van der Waals surface area contributed by atoms with Gasteiger partial charge in [0.25, 0.3) is 9.05 Å². The zero-order chi connectivity index (χ0) is 15.6. The minimum absolute atomic E-state index is 0.123. The summed E-state index contributed by atoms with van der Waals surface area (Å²) < 4.78 is 30.5. The molecule has 0 aliphatic rings. The van der Waals surface area contributed by atoms with E-state index in [0.29, 0.717) is 24.3 Å². The van der Waals surface area contributed by atoms with Gasteiger partial charge in [0, 0.05) is 36.5 Å². The molecule has 0 radical (unpaired) electrons. The minimum Gasteiger partial charge on any atom is -0.493 e. The van der Waals surface area contributed by atoms with Gasteiger partial charge in [0.1, 0.15) is 11.6 Å². The van der Waals surface area contributed by atoms with Gasteiger partial charge < -0.3 is 9.30 Å². The Morgan fingerprint density at radius 2 is 2.00 bits per heavy atom. The van der Waals surface area contributed by atoms with Crippen LogP contribution >= 0.6 is 10.7 Å². The maximum Gasteiger partial charge on any atom is 0.261 e. The molecule has 0 unspecified atom stereocenters. The molecule has 0 fully saturated rings. The average molecular weight is 329 g/mol. The lowest BCUT2D eigenvalue weighted by Gasteiger charge is -2.12. The van der Waals surface area contributed by atoms with Crippen LogP contribution in [0.5, 0.6) is 5.75 Å². The summed E-state index contributed by atoms with van der Waals surface area (Å²) in [5, 5.41) is 0. The lowest BCUT2D eigenvalue weighted by atomic mass is 10.1. The molecule has 1 heterocycles. The highest BCUT2D eigenvalue weighted by atomic mass is 35.7. The van der Waals surface area contributed by atoms with Crippen LogP contribution in [-0.4, -0.2) is 24.6 Å². The van der Waals surface area contributed by atoms with E-state index in [1.54, 1.807) is 26.1 Å². The highest BCUT2D eigenvalue weighted by Crippen LogP contribution is 2.27. The first-order valence-corrected chi connectivity index (χ1v) is 8.75. The van der Waals surface area contributed by atoms with E-state index in [-0.39, 0.29) is 4.90 Å². The number of benzene rings is 1. The molecule has 0 bridgehead atoms. The van der Waals surface area contributed by atoms with Crippen molar-refractivity contribution in [2.75, 3.05) is 6.61 Å². The number of hydrogen-bond donors (Lipinski definition) is 0. The molecule has 2 rings (SSSR count). The number of hydrogen-bond acceptors (Lipinski definition) is 4. The van der Waals surface area contributed by atoms with Gasteiger partial charge in [-0.1, -0.05) is 0 Å². The Kier molecular flexibility index (Phi) is 4.58. The number of imidazole rings is 1. The van der Waals surface area contributed by atoms with Crippen molar-refractivity contribution in [3.63, 3.8) is 0 Å². The highest BCUT2D eigenvalue weighted by Gasteiger charge is 2.16. The summed E-state index contributed by atoms with van der Waals surface area (Å²) in [6.07, 6.45) is 4.30. The summed E-state index contributed by atoms with van der Waals surface area (Å²) in [6, 6.07) is 3.23. The zero-order valence-electron chi connectivity index (χ0n) is 12.1. The molecule has 114 valence electrons. The van der Waals surface area contributed by atoms with E-state index >= 15 is 0 Å². The standard InChI is InChI=1S/C14H17ClN2O3S/c1-10-9-13(21(15,18)19)11(2)8-12(10)20-7-4-14-16-5-6-17(14)3/h5-6,8-9H,4,7H2,1-3H3. The molecule has 0 aliphatic heterocycles. The molecule has 7 heteroatoms. The van der Waals surface area contributed by atoms with Crippen molar-refractivity contribution >= 4 is 19.7 Å². The molecule has 5 nitrogen and oxygen atoms in total. The molecule has 0 saturated carbocycles. The zero-order valence-corrected chi connectivity index (χ0v) is 13.7. The molecule has 0 saturated heterocycles. The maximum atomic E-state index is 11.4. The van der Waals surface area contributed by atoms with E-state index in [1.165, 1.54) is 6.07 Å². The molecule has 2 aromatic rings. The Hall–Kier alpha value is -1.53. The van der Waals surface area contributed by atoms with E-state index in [4.69, 9.17) is 15.4 Å². The molecular weight excluding hydrogens is 312 g/mol. The Morgan fingerprint density at radius 3 is 2.57 bits per heavy atom. The second kappa shape index (κ2) is 6.07. The van der Waals surface area contributed by atoms with Crippen LogP contribution in [-0.2, 0) is 22.5 Å². The number of nitrogens with zero attached hydrogens (tertiary/aromatic N) is 2. The van der Waals surface area contributed by atoms with Gasteiger partial charge in [-0.25, -0.2) is 13.4 Å². The van der Waals surface area contributed by atoms with Crippen molar-refractivity contribution in [3.05, 3.63) is 41.5 Å². The van der Waals surface area contributed by atoms with Crippen molar-refractivity contribution in [2.45, 2.75) is 25.2 Å². The first-order chi connectivity index (χ1) is 9.79. The van der Waals surface area contributed by atoms with Crippen molar-refractivity contribution in [2.24, 2.45) is 7.05 Å². The van der Waals surface area contributed by atoms with E-state index in [2.05, 4.69) is 4.98 Å². The fourth-order valence-corrected chi connectivity index (χ4v) is 3.33. The average Bonchev–Trinajstić information content (AvgIpc) is 2.77. The van der Waals surface area contributed by atoms with Crippen LogP contribution in [0.2, 0.25) is 0 Å². The number of aryl methyl sites for hydroxylation is 3. The smallest absolute Gasteiger partial charge is 0.261 e. The predicted molar refractivity (Wildman–Crippen MR) is 81.4 cm³/mol. The second-order valence-electron chi connectivity index (χ2n) is 4.87. The maximum absolute atomic E-state index is 11.4. The van der Waals surface area contributed by atoms with Crippen LogP contribution in [0.25, 0.3) is 0 Å². The van der Waals surface area contributed by atoms with E-state index in [1.807, 2.05) is 17.8 Å². The topological polar surface area (TPSA) is 61.2 Å². The van der Waals surface area contributed by atoms with Gasteiger partial charge in [0.15, 0.2) is 0 Å². The van der Waals surface area contributed by atoms with Gasteiger partial charge in [-0.05, 0) is 37.1 Å². The number of halogens is 1. The minimum atomic E-state index is -3.73. The third kappa shape index (κ3) is 3.77. The molecule has 0 amide bonds. The Labute approximate surface area is 128 Å². The van der Waals surface area contributed by atoms with Gasteiger partial charge in [0.05, 0.1) is 11.5 Å². The van der Waals surface area contributed by atoms with Crippen molar-refractivity contribution < 1.29 is 13.2 Å². The first kappa shape index (κ1) is 15.9. The van der Waals surface area contributed by atoms with Gasteiger partial charge in [-0.3, -0.25) is 0 Å². The van der Waals surface area contributed by atoms with E-state index in [0.717, 1.165) is 11.4 Å². The second-order valence-corrected chi connectivity index (χ2v) is 7.41. The van der Waals surface area contributed by atoms with Crippen molar-refractivity contribution in [1.82, 2.24) is 9.55 Å². The lowest BCUT2D eigenvalue weighted by molar-refractivity contribution is 0.315. The molecule has 1 aromatic heterocycles. The highest BCUT2D eigenvalue weighted by molar-refractivity contribution is 8.13. The third-order valence-electron chi connectivity index (χ3n) is 3.24. The summed E-state index contributed by atoms with van der Waals surface area (Å²) in [7, 11) is 3.60. The molecule has 0 atom stereocenters. The fourth-order valence-electron chi connectivity index (χ4n) is 2.07. The van der Waals surface area contributed by atoms with Crippen LogP contribution in [0.4, 0.5) is 0 Å². The van der Waals surface area contributed by atoms with E-state index in [9.17, 15) is 8.42 Å². The quantitative estimate of drug-likeness (QED) is 0.791. The van der Waals surface area contributed by atoms with Crippen molar-refractivity contribution in [3.8, 4) is 5.75 Å². The van der Waals surface area contributed by atoms with Crippen LogP contribution in [0, 0.1) is 13.8 Å². The van der Waals surface area contributed by atoms with Gasteiger partial charge in [-0.2, -0.15) is 0 Å². The Balaban J connectivity index is 2.11. The SMILES string of the molecule is Cc1cc(S(=O)(=O)Cl)c(C)cc1OCCc1nccn1C. The third-order valence-corrected chi connectivity index (χ3v) is 4.70. The van der Waals surface area contributed by atoms with E-state index < -0.39 is 9.05 Å². The van der Waals surface area contributed by atoms with Gasteiger partial charge in [-0.15, -0.1) is 0 Å². The number of rotatable bonds is 5. The normalized spacial score (nSPS) is 11.6. The van der Waals surface area contributed by atoms with Crippen LogP contribution in [0.15, 0.2) is 29.4 Å². The molecule has 0 N–H and O–H groups in total. The number of ether oxygens (including phenoxy) is 1. The number of aromatic nitrogens is 2. The summed E-state index contributed by atoms with van der Waals surface area (Å²) in [4.78, 5) is 4.34. The Morgan fingerprint density at radius 1 is 1.29 bits per heavy atom. The molecule has 1 aromatic carbocycles. The Bertz CT molecular complexity index is 754. The van der Waals surface area contributed by atoms with Crippen LogP contribution < -0.4 is 4.74 Å².